The molecule has 0 aliphatic heterocycles. The summed E-state index contributed by atoms with van der Waals surface area (Å²) in [6.07, 6.45) is -0.0509. The van der Waals surface area contributed by atoms with Gasteiger partial charge in [0.2, 0.25) is 11.8 Å². The SMILES string of the molecule is Cc1ccc(NC(=O)CCC(=O)NNC(=O)COc2ccc3ccccc3c2)cc1C. The Hall–Kier alpha value is -3.87. The number of rotatable bonds is 7. The standard InChI is InChI=1S/C24H25N3O4/c1-16-7-9-20(13-17(16)2)25-22(28)11-12-23(29)26-27-24(30)15-31-21-10-8-18-5-3-4-6-19(18)14-21/h3-10,13-14H,11-12,15H2,1-2H3,(H,25,28)(H,26,29)(H,27,30). The molecule has 0 saturated heterocycles. The molecule has 0 spiro atoms. The molecule has 0 radical (unpaired) electrons. The average molecular weight is 419 g/mol. The van der Waals surface area contributed by atoms with Crippen LogP contribution in [0.3, 0.4) is 0 Å². The predicted octanol–water partition coefficient (Wildman–Crippen LogP) is 3.40. The van der Waals surface area contributed by atoms with Crippen LogP contribution in [0.2, 0.25) is 0 Å². The fraction of sp³-hybridized carbons (Fsp3) is 0.208. The first kappa shape index (κ1) is 21.8. The van der Waals surface area contributed by atoms with Crippen LogP contribution in [-0.2, 0) is 14.4 Å². The zero-order chi connectivity index (χ0) is 22.2. The van der Waals surface area contributed by atoms with Crippen molar-refractivity contribution in [2.24, 2.45) is 0 Å². The maximum Gasteiger partial charge on any atom is 0.276 e. The highest BCUT2D eigenvalue weighted by atomic mass is 16.5. The van der Waals surface area contributed by atoms with E-state index in [2.05, 4.69) is 16.2 Å². The van der Waals surface area contributed by atoms with Crippen LogP contribution in [0.4, 0.5) is 5.69 Å². The minimum absolute atomic E-state index is 0.00220. The Labute approximate surface area is 180 Å². The van der Waals surface area contributed by atoms with Gasteiger partial charge in [-0.05, 0) is 60.0 Å². The molecule has 31 heavy (non-hydrogen) atoms. The van der Waals surface area contributed by atoms with Crippen LogP contribution in [0, 0.1) is 13.8 Å². The van der Waals surface area contributed by atoms with E-state index in [1.807, 2.05) is 68.4 Å². The number of anilines is 1. The number of hydrogen-bond acceptors (Lipinski definition) is 4. The van der Waals surface area contributed by atoms with Crippen molar-refractivity contribution in [1.82, 2.24) is 10.9 Å². The minimum atomic E-state index is -0.499. The summed E-state index contributed by atoms with van der Waals surface area (Å²) in [5.41, 5.74) is 7.47. The average Bonchev–Trinajstić information content (AvgIpc) is 2.77. The first-order valence-corrected chi connectivity index (χ1v) is 9.97. The Morgan fingerprint density at radius 1 is 0.742 bits per heavy atom. The number of hydrogen-bond donors (Lipinski definition) is 3. The third-order valence-corrected chi connectivity index (χ3v) is 4.80. The molecule has 0 atom stereocenters. The van der Waals surface area contributed by atoms with Crippen LogP contribution in [0.15, 0.2) is 60.7 Å². The quantitative estimate of drug-likeness (QED) is 0.512. The van der Waals surface area contributed by atoms with E-state index < -0.39 is 11.8 Å². The molecular formula is C24H25N3O4. The lowest BCUT2D eigenvalue weighted by Crippen LogP contribution is -2.44. The lowest BCUT2D eigenvalue weighted by molar-refractivity contribution is -0.130. The van der Waals surface area contributed by atoms with Crippen molar-refractivity contribution in [3.8, 4) is 5.75 Å². The first-order chi connectivity index (χ1) is 14.9. The van der Waals surface area contributed by atoms with Crippen molar-refractivity contribution < 1.29 is 19.1 Å². The Bertz CT molecular complexity index is 1110. The highest BCUT2D eigenvalue weighted by Gasteiger charge is 2.10. The molecule has 0 unspecified atom stereocenters. The van der Waals surface area contributed by atoms with E-state index in [4.69, 9.17) is 4.74 Å². The molecule has 3 rings (SSSR count). The van der Waals surface area contributed by atoms with E-state index >= 15 is 0 Å². The monoisotopic (exact) mass is 419 g/mol. The Kier molecular flexibility index (Phi) is 7.22. The van der Waals surface area contributed by atoms with Crippen LogP contribution in [0.1, 0.15) is 24.0 Å². The molecule has 3 aromatic rings. The molecule has 7 nitrogen and oxygen atoms in total. The normalized spacial score (nSPS) is 10.4. The number of benzene rings is 3. The highest BCUT2D eigenvalue weighted by molar-refractivity contribution is 5.93. The topological polar surface area (TPSA) is 96.5 Å². The van der Waals surface area contributed by atoms with Crippen LogP contribution >= 0.6 is 0 Å². The molecule has 160 valence electrons. The van der Waals surface area contributed by atoms with Crippen molar-refractivity contribution >= 4 is 34.2 Å². The van der Waals surface area contributed by atoms with Crippen LogP contribution in [0.25, 0.3) is 10.8 Å². The second-order valence-corrected chi connectivity index (χ2v) is 7.24. The van der Waals surface area contributed by atoms with E-state index in [0.29, 0.717) is 11.4 Å². The van der Waals surface area contributed by atoms with Crippen molar-refractivity contribution in [2.45, 2.75) is 26.7 Å². The maximum atomic E-state index is 12.0. The van der Waals surface area contributed by atoms with Crippen molar-refractivity contribution in [1.29, 1.82) is 0 Å². The van der Waals surface area contributed by atoms with Crippen LogP contribution < -0.4 is 20.9 Å². The summed E-state index contributed by atoms with van der Waals surface area (Å²) in [7, 11) is 0. The zero-order valence-electron chi connectivity index (χ0n) is 17.5. The Balaban J connectivity index is 1.36. The van der Waals surface area contributed by atoms with Gasteiger partial charge in [0.25, 0.3) is 5.91 Å². The largest absolute Gasteiger partial charge is 0.484 e. The van der Waals surface area contributed by atoms with E-state index in [1.54, 1.807) is 6.07 Å². The zero-order valence-corrected chi connectivity index (χ0v) is 17.5. The van der Waals surface area contributed by atoms with Gasteiger partial charge in [0.05, 0.1) is 0 Å². The van der Waals surface area contributed by atoms with Crippen LogP contribution in [-0.4, -0.2) is 24.3 Å². The second-order valence-electron chi connectivity index (χ2n) is 7.24. The summed E-state index contributed by atoms with van der Waals surface area (Å²) in [5, 5.41) is 4.84. The Morgan fingerprint density at radius 3 is 2.23 bits per heavy atom. The molecular weight excluding hydrogens is 394 g/mol. The third-order valence-electron chi connectivity index (χ3n) is 4.80. The Morgan fingerprint density at radius 2 is 1.45 bits per heavy atom. The molecule has 3 aromatic carbocycles. The minimum Gasteiger partial charge on any atom is -0.484 e. The molecule has 0 saturated carbocycles. The molecule has 0 heterocycles. The van der Waals surface area contributed by atoms with E-state index in [-0.39, 0.29) is 25.4 Å². The molecule has 0 aliphatic rings. The van der Waals surface area contributed by atoms with Gasteiger partial charge in [-0.25, -0.2) is 0 Å². The number of fused-ring (bicyclic) bond motifs is 1. The summed E-state index contributed by atoms with van der Waals surface area (Å²) < 4.78 is 5.46. The van der Waals surface area contributed by atoms with Crippen LogP contribution in [0.5, 0.6) is 5.75 Å². The molecule has 3 amide bonds. The van der Waals surface area contributed by atoms with Crippen molar-refractivity contribution in [3.63, 3.8) is 0 Å². The summed E-state index contributed by atoms with van der Waals surface area (Å²) in [6.45, 7) is 3.71. The smallest absolute Gasteiger partial charge is 0.276 e. The van der Waals surface area contributed by atoms with Crippen molar-refractivity contribution in [3.05, 3.63) is 71.8 Å². The van der Waals surface area contributed by atoms with E-state index in [9.17, 15) is 14.4 Å². The molecule has 3 N–H and O–H groups in total. The third kappa shape index (κ3) is 6.57. The van der Waals surface area contributed by atoms with Gasteiger partial charge in [-0.2, -0.15) is 0 Å². The van der Waals surface area contributed by atoms with Gasteiger partial charge in [0.1, 0.15) is 5.75 Å². The van der Waals surface area contributed by atoms with Gasteiger partial charge in [0, 0.05) is 18.5 Å². The van der Waals surface area contributed by atoms with E-state index in [0.717, 1.165) is 21.9 Å². The van der Waals surface area contributed by atoms with Gasteiger partial charge < -0.3 is 10.1 Å². The molecule has 7 heteroatoms. The summed E-state index contributed by atoms with van der Waals surface area (Å²) in [4.78, 5) is 35.8. The van der Waals surface area contributed by atoms with E-state index in [1.165, 1.54) is 0 Å². The number of nitrogens with one attached hydrogen (secondary N) is 3. The van der Waals surface area contributed by atoms with Crippen molar-refractivity contribution in [2.75, 3.05) is 11.9 Å². The molecule has 0 aliphatic carbocycles. The number of carbonyl (C=O) groups excluding carboxylic acids is 3. The molecule has 0 fully saturated rings. The molecule has 0 bridgehead atoms. The number of hydrazine groups is 1. The van der Waals surface area contributed by atoms with Gasteiger partial charge in [-0.1, -0.05) is 36.4 Å². The van der Waals surface area contributed by atoms with Gasteiger partial charge in [-0.15, -0.1) is 0 Å². The summed E-state index contributed by atoms with van der Waals surface area (Å²) >= 11 is 0. The second kappa shape index (κ2) is 10.2. The fourth-order valence-electron chi connectivity index (χ4n) is 2.91. The molecule has 0 aromatic heterocycles. The van der Waals surface area contributed by atoms with Gasteiger partial charge >= 0.3 is 0 Å². The van der Waals surface area contributed by atoms with Gasteiger partial charge in [-0.3, -0.25) is 25.2 Å². The summed E-state index contributed by atoms with van der Waals surface area (Å²) in [5.74, 6) is -0.678. The number of ether oxygens (including phenoxy) is 1. The fourth-order valence-corrected chi connectivity index (χ4v) is 2.91. The number of aryl methyl sites for hydroxylation is 2. The maximum absolute atomic E-state index is 12.0. The number of carbonyl (C=O) groups is 3. The number of amides is 3. The summed E-state index contributed by atoms with van der Waals surface area (Å²) in [6, 6.07) is 19.0. The lowest BCUT2D eigenvalue weighted by atomic mass is 10.1. The first-order valence-electron chi connectivity index (χ1n) is 9.97. The lowest BCUT2D eigenvalue weighted by Gasteiger charge is -2.10. The highest BCUT2D eigenvalue weighted by Crippen LogP contribution is 2.20. The predicted molar refractivity (Wildman–Crippen MR) is 120 cm³/mol. The van der Waals surface area contributed by atoms with Gasteiger partial charge in [0.15, 0.2) is 6.61 Å².